The van der Waals surface area contributed by atoms with E-state index in [1.807, 2.05) is 0 Å². The monoisotopic (exact) mass is 278 g/mol. The van der Waals surface area contributed by atoms with Crippen LogP contribution in [0, 0.1) is 0 Å². The zero-order valence-corrected chi connectivity index (χ0v) is 12.7. The third-order valence-corrected chi connectivity index (χ3v) is 3.92. The first-order valence-electron chi connectivity index (χ1n) is 7.61. The molecule has 0 aromatic carbocycles. The fourth-order valence-corrected chi connectivity index (χ4v) is 2.85. The lowest BCUT2D eigenvalue weighted by Gasteiger charge is -2.24. The van der Waals surface area contributed by atoms with E-state index in [9.17, 15) is 5.11 Å². The van der Waals surface area contributed by atoms with E-state index >= 15 is 0 Å². The van der Waals surface area contributed by atoms with Gasteiger partial charge in [-0.3, -0.25) is 0 Å². The second-order valence-electron chi connectivity index (χ2n) is 5.95. The Labute approximate surface area is 121 Å². The van der Waals surface area contributed by atoms with Gasteiger partial charge < -0.3 is 15.7 Å². The molecule has 1 heterocycles. The highest BCUT2D eigenvalue weighted by Crippen LogP contribution is 2.32. The Morgan fingerprint density at radius 1 is 1.20 bits per heavy atom. The van der Waals surface area contributed by atoms with Gasteiger partial charge in [0.1, 0.15) is 18.0 Å². The molecule has 0 radical (unpaired) electrons. The molecule has 0 spiro atoms. The normalized spacial score (nSPS) is 17.4. The Bertz CT molecular complexity index is 441. The number of anilines is 2. The molecule has 3 N–H and O–H groups in total. The van der Waals surface area contributed by atoms with Gasteiger partial charge in [0.2, 0.25) is 0 Å². The van der Waals surface area contributed by atoms with Crippen molar-refractivity contribution in [1.29, 1.82) is 0 Å². The minimum atomic E-state index is -0.572. The fraction of sp³-hybridized carbons (Fsp3) is 0.733. The molecule has 112 valence electrons. The molecule has 5 nitrogen and oxygen atoms in total. The molecule has 1 aliphatic carbocycles. The van der Waals surface area contributed by atoms with Crippen LogP contribution in [0.3, 0.4) is 0 Å². The van der Waals surface area contributed by atoms with Crippen LogP contribution in [-0.4, -0.2) is 33.8 Å². The van der Waals surface area contributed by atoms with E-state index in [2.05, 4.69) is 41.4 Å². The van der Waals surface area contributed by atoms with Crippen LogP contribution < -0.4 is 10.6 Å². The van der Waals surface area contributed by atoms with Gasteiger partial charge in [-0.05, 0) is 25.7 Å². The predicted octanol–water partition coefficient (Wildman–Crippen LogP) is 2.75. The number of hydrogen-bond acceptors (Lipinski definition) is 5. The predicted molar refractivity (Wildman–Crippen MR) is 82.2 cm³/mol. The third kappa shape index (κ3) is 3.39. The van der Waals surface area contributed by atoms with Crippen molar-refractivity contribution < 1.29 is 5.11 Å². The Morgan fingerprint density at radius 3 is 2.35 bits per heavy atom. The van der Waals surface area contributed by atoms with Crippen LogP contribution in [0.2, 0.25) is 0 Å². The fourth-order valence-electron chi connectivity index (χ4n) is 2.85. The van der Waals surface area contributed by atoms with Crippen molar-refractivity contribution in [3.63, 3.8) is 0 Å². The van der Waals surface area contributed by atoms with E-state index in [-0.39, 0.29) is 0 Å². The summed E-state index contributed by atoms with van der Waals surface area (Å²) in [6.45, 7) is 7.72. The van der Waals surface area contributed by atoms with Crippen molar-refractivity contribution in [2.24, 2.45) is 0 Å². The van der Waals surface area contributed by atoms with Crippen molar-refractivity contribution in [3.05, 3.63) is 11.9 Å². The van der Waals surface area contributed by atoms with E-state index < -0.39 is 5.60 Å². The maximum Gasteiger partial charge on any atom is 0.135 e. The topological polar surface area (TPSA) is 70.1 Å². The molecule has 0 amide bonds. The summed E-state index contributed by atoms with van der Waals surface area (Å²) >= 11 is 0. The largest absolute Gasteiger partial charge is 0.388 e. The van der Waals surface area contributed by atoms with Gasteiger partial charge >= 0.3 is 0 Å². The van der Waals surface area contributed by atoms with E-state index in [1.54, 1.807) is 6.33 Å². The second-order valence-corrected chi connectivity index (χ2v) is 5.95. The Hall–Kier alpha value is -1.36. The molecule has 20 heavy (non-hydrogen) atoms. The molecule has 1 aliphatic rings. The second kappa shape index (κ2) is 6.39. The van der Waals surface area contributed by atoms with Gasteiger partial charge in [-0.25, -0.2) is 9.97 Å². The lowest BCUT2D eigenvalue weighted by atomic mass is 10.0. The molecule has 1 fully saturated rings. The van der Waals surface area contributed by atoms with Gasteiger partial charge in [0.05, 0.1) is 5.60 Å². The molecule has 0 unspecified atom stereocenters. The number of nitrogens with one attached hydrogen (secondary N) is 2. The van der Waals surface area contributed by atoms with Crippen molar-refractivity contribution in [2.75, 3.05) is 23.7 Å². The number of nitrogens with zero attached hydrogens (tertiary/aromatic N) is 2. The molecular weight excluding hydrogens is 252 g/mol. The van der Waals surface area contributed by atoms with Crippen LogP contribution in [0.25, 0.3) is 0 Å². The minimum Gasteiger partial charge on any atom is -0.388 e. The molecule has 0 bridgehead atoms. The highest BCUT2D eigenvalue weighted by molar-refractivity contribution is 5.59. The molecule has 5 heteroatoms. The summed E-state index contributed by atoms with van der Waals surface area (Å²) < 4.78 is 0. The van der Waals surface area contributed by atoms with Gasteiger partial charge in [0, 0.05) is 18.7 Å². The van der Waals surface area contributed by atoms with Gasteiger partial charge in [0.15, 0.2) is 0 Å². The van der Waals surface area contributed by atoms with E-state index in [4.69, 9.17) is 0 Å². The first-order valence-corrected chi connectivity index (χ1v) is 7.61. The summed E-state index contributed by atoms with van der Waals surface area (Å²) in [5.41, 5.74) is 0.522. The van der Waals surface area contributed by atoms with Crippen molar-refractivity contribution in [2.45, 2.75) is 58.0 Å². The van der Waals surface area contributed by atoms with Crippen LogP contribution in [0.5, 0.6) is 0 Å². The average molecular weight is 278 g/mol. The zero-order chi connectivity index (χ0) is 14.6. The molecular formula is C15H26N4O. The molecule has 0 atom stereocenters. The molecule has 2 rings (SSSR count). The highest BCUT2D eigenvalue weighted by Gasteiger charge is 2.31. The summed E-state index contributed by atoms with van der Waals surface area (Å²) in [4.78, 5) is 8.68. The van der Waals surface area contributed by atoms with Crippen LogP contribution in [0.15, 0.2) is 6.33 Å². The van der Waals surface area contributed by atoms with Crippen molar-refractivity contribution in [1.82, 2.24) is 9.97 Å². The summed E-state index contributed by atoms with van der Waals surface area (Å²) in [6.07, 6.45) is 5.55. The van der Waals surface area contributed by atoms with Crippen molar-refractivity contribution >= 4 is 11.6 Å². The Kier molecular flexibility index (Phi) is 4.81. The number of aromatic nitrogens is 2. The quantitative estimate of drug-likeness (QED) is 0.746. The number of rotatable bonds is 6. The Balaban J connectivity index is 2.15. The number of hydrogen-bond donors (Lipinski definition) is 3. The SMILES string of the molecule is CCNc1ncnc(NCC2(O)CCCC2)c1C(C)C. The van der Waals surface area contributed by atoms with Gasteiger partial charge in [0.25, 0.3) is 0 Å². The molecule has 1 aromatic heterocycles. The highest BCUT2D eigenvalue weighted by atomic mass is 16.3. The van der Waals surface area contributed by atoms with E-state index in [1.165, 1.54) is 0 Å². The van der Waals surface area contributed by atoms with Crippen molar-refractivity contribution in [3.8, 4) is 0 Å². The maximum absolute atomic E-state index is 10.4. The minimum absolute atomic E-state index is 0.325. The zero-order valence-electron chi connectivity index (χ0n) is 12.7. The van der Waals surface area contributed by atoms with Gasteiger partial charge in [-0.2, -0.15) is 0 Å². The van der Waals surface area contributed by atoms with Gasteiger partial charge in [-0.1, -0.05) is 26.7 Å². The number of aliphatic hydroxyl groups is 1. The standard InChI is InChI=1S/C15H26N4O/c1-4-16-13-12(11(2)3)14(19-10-18-13)17-9-15(20)7-5-6-8-15/h10-11,20H,4-9H2,1-3H3,(H2,16,17,18,19). The van der Waals surface area contributed by atoms with Crippen LogP contribution in [-0.2, 0) is 0 Å². The maximum atomic E-state index is 10.4. The van der Waals surface area contributed by atoms with Gasteiger partial charge in [-0.15, -0.1) is 0 Å². The summed E-state index contributed by atoms with van der Waals surface area (Å²) in [6, 6.07) is 0. The van der Waals surface area contributed by atoms with Crippen LogP contribution >= 0.6 is 0 Å². The third-order valence-electron chi connectivity index (χ3n) is 3.92. The molecule has 1 aromatic rings. The summed E-state index contributed by atoms with van der Waals surface area (Å²) in [7, 11) is 0. The van der Waals surface area contributed by atoms with Crippen LogP contribution in [0.1, 0.15) is 57.9 Å². The molecule has 1 saturated carbocycles. The lowest BCUT2D eigenvalue weighted by molar-refractivity contribution is 0.0613. The summed E-state index contributed by atoms with van der Waals surface area (Å²) in [5.74, 6) is 2.05. The molecule has 0 saturated heterocycles. The first kappa shape index (κ1) is 15.0. The molecule has 0 aliphatic heterocycles. The van der Waals surface area contributed by atoms with Crippen LogP contribution in [0.4, 0.5) is 11.6 Å². The lowest BCUT2D eigenvalue weighted by Crippen LogP contribution is -2.34. The average Bonchev–Trinajstić information content (AvgIpc) is 2.84. The van der Waals surface area contributed by atoms with E-state index in [0.717, 1.165) is 49.4 Å². The Morgan fingerprint density at radius 2 is 1.80 bits per heavy atom. The smallest absolute Gasteiger partial charge is 0.135 e. The first-order chi connectivity index (χ1) is 9.56. The van der Waals surface area contributed by atoms with E-state index in [0.29, 0.717) is 12.5 Å². The summed E-state index contributed by atoms with van der Waals surface area (Å²) in [5, 5.41) is 17.0.